The Morgan fingerprint density at radius 3 is 2.60 bits per heavy atom. The fraction of sp³-hybridized carbons (Fsp3) is 0.188. The first-order chi connectivity index (χ1) is 11.9. The zero-order valence-electron chi connectivity index (χ0n) is 13.9. The smallest absolute Gasteiger partial charge is 0.283 e. The average molecular weight is 359 g/mol. The van der Waals surface area contributed by atoms with E-state index in [-0.39, 0.29) is 21.1 Å². The van der Waals surface area contributed by atoms with E-state index >= 15 is 0 Å². The van der Waals surface area contributed by atoms with Gasteiger partial charge in [-0.15, -0.1) is 11.3 Å². The number of anilines is 2. The summed E-state index contributed by atoms with van der Waals surface area (Å²) < 4.78 is 10.5. The minimum absolute atomic E-state index is 0.0503. The van der Waals surface area contributed by atoms with Crippen LogP contribution in [0.4, 0.5) is 10.7 Å². The van der Waals surface area contributed by atoms with Gasteiger partial charge in [-0.3, -0.25) is 4.79 Å². The molecule has 5 N–H and O–H groups in total. The number of thiophene rings is 1. The van der Waals surface area contributed by atoms with Crippen LogP contribution in [0.15, 0.2) is 23.3 Å². The Kier molecular flexibility index (Phi) is 5.46. The summed E-state index contributed by atoms with van der Waals surface area (Å²) in [6, 6.07) is 7.12. The lowest BCUT2D eigenvalue weighted by Gasteiger charge is -2.10. The van der Waals surface area contributed by atoms with E-state index in [9.17, 15) is 4.79 Å². The van der Waals surface area contributed by atoms with Crippen molar-refractivity contribution in [2.75, 3.05) is 25.7 Å². The number of hydrogen-bond donors (Lipinski definition) is 3. The monoisotopic (exact) mass is 359 g/mol. The van der Waals surface area contributed by atoms with Crippen LogP contribution in [0.3, 0.4) is 0 Å². The van der Waals surface area contributed by atoms with Gasteiger partial charge in [0, 0.05) is 5.56 Å². The third-order valence-corrected chi connectivity index (χ3v) is 4.45. The normalized spacial score (nSPS) is 10.9. The molecular weight excluding hydrogens is 342 g/mol. The number of hydrazone groups is 1. The maximum atomic E-state index is 12.3. The van der Waals surface area contributed by atoms with Gasteiger partial charge in [-0.2, -0.15) is 10.4 Å². The maximum Gasteiger partial charge on any atom is 0.283 e. The van der Waals surface area contributed by atoms with Gasteiger partial charge in [-0.05, 0) is 25.1 Å². The number of nitrogen functional groups attached to an aromatic ring is 2. The number of methoxy groups -OCH3 is 2. The van der Waals surface area contributed by atoms with Crippen molar-refractivity contribution < 1.29 is 14.3 Å². The summed E-state index contributed by atoms with van der Waals surface area (Å²) >= 11 is 0.939. The van der Waals surface area contributed by atoms with Gasteiger partial charge in [0.1, 0.15) is 33.0 Å². The number of benzene rings is 1. The summed E-state index contributed by atoms with van der Waals surface area (Å²) in [4.78, 5) is 12.4. The lowest BCUT2D eigenvalue weighted by atomic mass is 10.1. The quantitative estimate of drug-likeness (QED) is 0.551. The second-order valence-electron chi connectivity index (χ2n) is 4.90. The SMILES string of the molecule is COc1ccc(OC)c(/C(C)=N/NC(=O)c2sc(N)c(C#N)c2N)c1. The Balaban J connectivity index is 2.27. The van der Waals surface area contributed by atoms with Crippen LogP contribution in [0, 0.1) is 11.3 Å². The molecule has 0 spiro atoms. The van der Waals surface area contributed by atoms with Gasteiger partial charge in [0.25, 0.3) is 5.91 Å². The minimum atomic E-state index is -0.545. The topological polar surface area (TPSA) is 136 Å². The second kappa shape index (κ2) is 7.55. The van der Waals surface area contributed by atoms with Gasteiger partial charge in [0.15, 0.2) is 0 Å². The van der Waals surface area contributed by atoms with Crippen molar-refractivity contribution in [1.29, 1.82) is 5.26 Å². The van der Waals surface area contributed by atoms with E-state index < -0.39 is 5.91 Å². The predicted molar refractivity (Wildman–Crippen MR) is 97.1 cm³/mol. The highest BCUT2D eigenvalue weighted by Crippen LogP contribution is 2.32. The summed E-state index contributed by atoms with van der Waals surface area (Å²) in [7, 11) is 3.09. The Morgan fingerprint density at radius 2 is 2.04 bits per heavy atom. The Hall–Kier alpha value is -3.25. The van der Waals surface area contributed by atoms with Gasteiger partial charge >= 0.3 is 0 Å². The molecule has 0 radical (unpaired) electrons. The Morgan fingerprint density at radius 1 is 1.32 bits per heavy atom. The van der Waals surface area contributed by atoms with E-state index in [1.807, 2.05) is 6.07 Å². The molecule has 2 rings (SSSR count). The second-order valence-corrected chi connectivity index (χ2v) is 5.95. The van der Waals surface area contributed by atoms with E-state index in [1.165, 1.54) is 7.11 Å². The lowest BCUT2D eigenvalue weighted by molar-refractivity contribution is 0.0959. The molecule has 0 aliphatic rings. The molecule has 1 aromatic heterocycles. The fourth-order valence-electron chi connectivity index (χ4n) is 2.09. The number of carbonyl (C=O) groups is 1. The molecule has 1 heterocycles. The number of rotatable bonds is 5. The zero-order chi connectivity index (χ0) is 18.6. The van der Waals surface area contributed by atoms with Crippen LogP contribution in [-0.4, -0.2) is 25.8 Å². The highest BCUT2D eigenvalue weighted by molar-refractivity contribution is 7.18. The van der Waals surface area contributed by atoms with Crippen molar-refractivity contribution in [1.82, 2.24) is 5.43 Å². The molecule has 0 saturated heterocycles. The van der Waals surface area contributed by atoms with E-state index in [2.05, 4.69) is 10.5 Å². The first kappa shape index (κ1) is 18.1. The van der Waals surface area contributed by atoms with Crippen LogP contribution in [-0.2, 0) is 0 Å². The number of amides is 1. The fourth-order valence-corrected chi connectivity index (χ4v) is 2.92. The predicted octanol–water partition coefficient (Wildman–Crippen LogP) is 1.96. The molecule has 8 nitrogen and oxygen atoms in total. The molecule has 2 aromatic rings. The number of nitrogens with one attached hydrogen (secondary N) is 1. The van der Waals surface area contributed by atoms with Gasteiger partial charge in [-0.1, -0.05) is 0 Å². The van der Waals surface area contributed by atoms with Crippen LogP contribution in [0.25, 0.3) is 0 Å². The summed E-state index contributed by atoms with van der Waals surface area (Å²) in [6.07, 6.45) is 0. The molecule has 0 bridgehead atoms. The third kappa shape index (κ3) is 3.64. The van der Waals surface area contributed by atoms with Crippen molar-refractivity contribution >= 4 is 33.6 Å². The molecule has 1 amide bonds. The third-order valence-electron chi connectivity index (χ3n) is 3.41. The van der Waals surface area contributed by atoms with Crippen LogP contribution in [0.5, 0.6) is 11.5 Å². The van der Waals surface area contributed by atoms with Crippen LogP contribution in [0.2, 0.25) is 0 Å². The van der Waals surface area contributed by atoms with Gasteiger partial charge in [0.2, 0.25) is 0 Å². The summed E-state index contributed by atoms with van der Waals surface area (Å²) in [5.74, 6) is 0.672. The van der Waals surface area contributed by atoms with Crippen molar-refractivity contribution in [3.05, 3.63) is 34.2 Å². The molecule has 0 unspecified atom stereocenters. The van der Waals surface area contributed by atoms with E-state index in [1.54, 1.807) is 32.2 Å². The molecule has 130 valence electrons. The molecule has 9 heteroatoms. The molecule has 1 aromatic carbocycles. The standard InChI is InChI=1S/C16H17N5O3S/c1-8(10-6-9(23-2)4-5-12(10)24-3)20-21-16(22)14-13(18)11(7-17)15(19)25-14/h4-6H,18-19H2,1-3H3,(H,21,22)/b20-8+. The molecule has 0 aliphatic heterocycles. The van der Waals surface area contributed by atoms with Crippen LogP contribution in [0.1, 0.15) is 27.7 Å². The number of nitriles is 1. The molecule has 25 heavy (non-hydrogen) atoms. The van der Waals surface area contributed by atoms with Crippen LogP contribution >= 0.6 is 11.3 Å². The molecule has 0 fully saturated rings. The Bertz CT molecular complexity index is 883. The highest BCUT2D eigenvalue weighted by atomic mass is 32.1. The molecule has 0 atom stereocenters. The number of nitrogens with zero attached hydrogens (tertiary/aromatic N) is 2. The van der Waals surface area contributed by atoms with Crippen molar-refractivity contribution in [2.45, 2.75) is 6.92 Å². The first-order valence-corrected chi connectivity index (χ1v) is 7.89. The number of ether oxygens (including phenoxy) is 2. The van der Waals surface area contributed by atoms with E-state index in [4.69, 9.17) is 26.2 Å². The maximum absolute atomic E-state index is 12.3. The lowest BCUT2D eigenvalue weighted by Crippen LogP contribution is -2.19. The Labute approximate surface area is 148 Å². The van der Waals surface area contributed by atoms with E-state index in [0.717, 1.165) is 11.3 Å². The molecule has 0 saturated carbocycles. The number of nitrogens with two attached hydrogens (primary N) is 2. The highest BCUT2D eigenvalue weighted by Gasteiger charge is 2.19. The average Bonchev–Trinajstić information content (AvgIpc) is 2.92. The summed E-state index contributed by atoms with van der Waals surface area (Å²) in [6.45, 7) is 1.71. The zero-order valence-corrected chi connectivity index (χ0v) is 14.7. The van der Waals surface area contributed by atoms with Crippen molar-refractivity contribution in [3.63, 3.8) is 0 Å². The van der Waals surface area contributed by atoms with Crippen LogP contribution < -0.4 is 26.4 Å². The first-order valence-electron chi connectivity index (χ1n) is 7.07. The molecular formula is C16H17N5O3S. The van der Waals surface area contributed by atoms with Gasteiger partial charge in [0.05, 0.1) is 25.6 Å². The minimum Gasteiger partial charge on any atom is -0.497 e. The molecule has 0 aliphatic carbocycles. The number of hydrogen-bond acceptors (Lipinski definition) is 8. The van der Waals surface area contributed by atoms with Gasteiger partial charge < -0.3 is 20.9 Å². The van der Waals surface area contributed by atoms with Crippen molar-refractivity contribution in [3.8, 4) is 17.6 Å². The van der Waals surface area contributed by atoms with E-state index in [0.29, 0.717) is 22.8 Å². The largest absolute Gasteiger partial charge is 0.497 e. The van der Waals surface area contributed by atoms with Gasteiger partial charge in [-0.25, -0.2) is 5.43 Å². The van der Waals surface area contributed by atoms with Crippen molar-refractivity contribution in [2.24, 2.45) is 5.10 Å². The number of carbonyl (C=O) groups excluding carboxylic acids is 1. The summed E-state index contributed by atoms with van der Waals surface area (Å²) in [5, 5.41) is 13.2. The summed E-state index contributed by atoms with van der Waals surface area (Å²) in [5.41, 5.74) is 15.2.